The summed E-state index contributed by atoms with van der Waals surface area (Å²) < 4.78 is 15.3. The Morgan fingerprint density at radius 3 is 2.80 bits per heavy atom. The van der Waals surface area contributed by atoms with Crippen LogP contribution in [0.15, 0.2) is 66.0 Å². The Balaban J connectivity index is 1.57. The molecule has 2 aromatic carbocycles. The number of anilines is 1. The van der Waals surface area contributed by atoms with E-state index in [2.05, 4.69) is 15.3 Å². The summed E-state index contributed by atoms with van der Waals surface area (Å²) in [4.78, 5) is 21.8. The summed E-state index contributed by atoms with van der Waals surface area (Å²) in [6.07, 6.45) is 1.68. The summed E-state index contributed by atoms with van der Waals surface area (Å²) in [5.74, 6) is 0.121. The van der Waals surface area contributed by atoms with Crippen LogP contribution in [0.25, 0.3) is 11.2 Å². The molecule has 0 aliphatic heterocycles. The minimum absolute atomic E-state index is 0.0896. The van der Waals surface area contributed by atoms with Gasteiger partial charge in [-0.1, -0.05) is 41.6 Å². The van der Waals surface area contributed by atoms with Gasteiger partial charge in [0.25, 0.3) is 0 Å². The topological polar surface area (TPSA) is 59.8 Å². The first-order chi connectivity index (χ1) is 14.5. The molecular weight excluding hydrogens is 399 g/mol. The van der Waals surface area contributed by atoms with Gasteiger partial charge in [0.05, 0.1) is 0 Å². The predicted octanol–water partition coefficient (Wildman–Crippen LogP) is 5.12. The average Bonchev–Trinajstić information content (AvgIpc) is 3.06. The third-order valence-electron chi connectivity index (χ3n) is 4.68. The van der Waals surface area contributed by atoms with Gasteiger partial charge >= 0.3 is 0 Å². The number of hydrogen-bond donors (Lipinski definition) is 1. The Bertz CT molecular complexity index is 1220. The van der Waals surface area contributed by atoms with Crippen LogP contribution in [-0.2, 0) is 17.1 Å². The molecule has 30 heavy (non-hydrogen) atoms. The zero-order chi connectivity index (χ0) is 21.1. The van der Waals surface area contributed by atoms with Gasteiger partial charge in [-0.25, -0.2) is 14.4 Å². The Morgan fingerprint density at radius 2 is 2.00 bits per heavy atom. The average molecular weight is 421 g/mol. The summed E-state index contributed by atoms with van der Waals surface area (Å²) in [7, 11) is 0. The van der Waals surface area contributed by atoms with Crippen LogP contribution in [0.2, 0.25) is 0 Å². The fourth-order valence-electron chi connectivity index (χ4n) is 3.25. The zero-order valence-corrected chi connectivity index (χ0v) is 17.5. The molecule has 7 heteroatoms. The number of nitrogens with zero attached hydrogens (tertiary/aromatic N) is 3. The summed E-state index contributed by atoms with van der Waals surface area (Å²) in [6, 6.07) is 16.1. The van der Waals surface area contributed by atoms with Crippen LogP contribution in [0, 0.1) is 19.7 Å². The Hall–Kier alpha value is -3.19. The van der Waals surface area contributed by atoms with Crippen LogP contribution in [0.5, 0.6) is 0 Å². The van der Waals surface area contributed by atoms with Gasteiger partial charge in [0.2, 0.25) is 5.91 Å². The highest BCUT2D eigenvalue weighted by atomic mass is 32.2. The first kappa shape index (κ1) is 20.1. The number of aryl methyl sites for hydroxylation is 2. The monoisotopic (exact) mass is 420 g/mol. The van der Waals surface area contributed by atoms with Gasteiger partial charge in [-0.3, -0.25) is 9.36 Å². The Morgan fingerprint density at radius 1 is 1.13 bits per heavy atom. The van der Waals surface area contributed by atoms with Crippen molar-refractivity contribution in [2.75, 3.05) is 5.32 Å². The molecule has 0 spiro atoms. The highest BCUT2D eigenvalue weighted by Gasteiger charge is 2.16. The third kappa shape index (κ3) is 4.52. The minimum Gasteiger partial charge on any atom is -0.324 e. The molecule has 0 saturated heterocycles. The van der Waals surface area contributed by atoms with Crippen molar-refractivity contribution >= 4 is 34.5 Å². The molecule has 0 aliphatic carbocycles. The number of halogens is 1. The lowest BCUT2D eigenvalue weighted by Crippen LogP contribution is -2.20. The molecule has 0 atom stereocenters. The van der Waals surface area contributed by atoms with Crippen LogP contribution in [0.4, 0.5) is 10.1 Å². The number of nitrogens with one attached hydrogen (secondary N) is 1. The number of benzene rings is 2. The van der Waals surface area contributed by atoms with Gasteiger partial charge in [0.1, 0.15) is 17.9 Å². The van der Waals surface area contributed by atoms with E-state index in [4.69, 9.17) is 0 Å². The number of amides is 1. The van der Waals surface area contributed by atoms with Crippen molar-refractivity contribution in [2.45, 2.75) is 31.3 Å². The molecule has 0 bridgehead atoms. The SMILES string of the molecule is Cc1ccc(NC(=O)Cn2c(SCc3cccc(F)c3)nc3cccnc32)c(C)c1. The van der Waals surface area contributed by atoms with E-state index in [-0.39, 0.29) is 18.3 Å². The van der Waals surface area contributed by atoms with Crippen molar-refractivity contribution in [3.63, 3.8) is 0 Å². The van der Waals surface area contributed by atoms with Gasteiger partial charge in [0, 0.05) is 17.6 Å². The minimum atomic E-state index is -0.267. The van der Waals surface area contributed by atoms with Gasteiger partial charge < -0.3 is 5.32 Å². The van der Waals surface area contributed by atoms with Gasteiger partial charge in [-0.05, 0) is 55.3 Å². The second kappa shape index (κ2) is 8.67. The first-order valence-corrected chi connectivity index (χ1v) is 10.5. The molecule has 0 fully saturated rings. The van der Waals surface area contributed by atoms with Crippen molar-refractivity contribution in [1.82, 2.24) is 14.5 Å². The van der Waals surface area contributed by atoms with E-state index >= 15 is 0 Å². The fourth-order valence-corrected chi connectivity index (χ4v) is 4.20. The van der Waals surface area contributed by atoms with E-state index in [0.717, 1.165) is 27.9 Å². The van der Waals surface area contributed by atoms with Crippen LogP contribution in [0.3, 0.4) is 0 Å². The smallest absolute Gasteiger partial charge is 0.244 e. The quantitative estimate of drug-likeness (QED) is 0.440. The molecule has 4 aromatic rings. The van der Waals surface area contributed by atoms with Crippen LogP contribution in [-0.4, -0.2) is 20.4 Å². The first-order valence-electron chi connectivity index (χ1n) is 9.55. The number of carbonyl (C=O) groups is 1. The molecule has 0 unspecified atom stereocenters. The molecule has 0 radical (unpaired) electrons. The van der Waals surface area contributed by atoms with E-state index in [9.17, 15) is 9.18 Å². The molecule has 1 amide bonds. The number of fused-ring (bicyclic) bond motifs is 1. The maximum atomic E-state index is 13.5. The standard InChI is InChI=1S/C23H21FN4OS/c1-15-8-9-19(16(2)11-15)26-21(29)13-28-22-20(7-4-10-25-22)27-23(28)30-14-17-5-3-6-18(24)12-17/h3-12H,13-14H2,1-2H3,(H,26,29). The molecule has 0 aliphatic rings. The Labute approximate surface area is 178 Å². The van der Waals surface area contributed by atoms with Crippen molar-refractivity contribution in [3.05, 3.63) is 83.3 Å². The van der Waals surface area contributed by atoms with Crippen molar-refractivity contribution < 1.29 is 9.18 Å². The second-order valence-electron chi connectivity index (χ2n) is 7.11. The number of hydrogen-bond acceptors (Lipinski definition) is 4. The molecule has 4 rings (SSSR count). The molecule has 0 saturated carbocycles. The normalized spacial score (nSPS) is 11.0. The zero-order valence-electron chi connectivity index (χ0n) is 16.7. The fraction of sp³-hybridized carbons (Fsp3) is 0.174. The second-order valence-corrected chi connectivity index (χ2v) is 8.05. The maximum Gasteiger partial charge on any atom is 0.244 e. The summed E-state index contributed by atoms with van der Waals surface area (Å²) in [5, 5.41) is 3.64. The number of thioether (sulfide) groups is 1. The van der Waals surface area contributed by atoms with Gasteiger partial charge in [0.15, 0.2) is 10.8 Å². The third-order valence-corrected chi connectivity index (χ3v) is 5.73. The molecule has 5 nitrogen and oxygen atoms in total. The van der Waals surface area contributed by atoms with Crippen molar-refractivity contribution in [2.24, 2.45) is 0 Å². The number of aromatic nitrogens is 3. The highest BCUT2D eigenvalue weighted by Crippen LogP contribution is 2.26. The highest BCUT2D eigenvalue weighted by molar-refractivity contribution is 7.98. The van der Waals surface area contributed by atoms with Gasteiger partial charge in [-0.15, -0.1) is 0 Å². The van der Waals surface area contributed by atoms with E-state index in [1.165, 1.54) is 23.9 Å². The number of pyridine rings is 1. The number of rotatable bonds is 6. The summed E-state index contributed by atoms with van der Waals surface area (Å²) in [5.41, 5.74) is 5.17. The maximum absolute atomic E-state index is 13.5. The Kier molecular flexibility index (Phi) is 5.81. The molecule has 2 heterocycles. The largest absolute Gasteiger partial charge is 0.324 e. The van der Waals surface area contributed by atoms with E-state index in [0.29, 0.717) is 16.6 Å². The van der Waals surface area contributed by atoms with E-state index in [1.807, 2.05) is 50.2 Å². The van der Waals surface area contributed by atoms with Gasteiger partial charge in [-0.2, -0.15) is 0 Å². The molecular formula is C23H21FN4OS. The molecule has 2 aromatic heterocycles. The van der Waals surface area contributed by atoms with E-state index in [1.54, 1.807) is 16.8 Å². The number of imidazole rings is 1. The van der Waals surface area contributed by atoms with Crippen LogP contribution in [0.1, 0.15) is 16.7 Å². The van der Waals surface area contributed by atoms with Crippen LogP contribution >= 0.6 is 11.8 Å². The molecule has 152 valence electrons. The van der Waals surface area contributed by atoms with Crippen molar-refractivity contribution in [3.8, 4) is 0 Å². The lowest BCUT2D eigenvalue weighted by molar-refractivity contribution is -0.116. The van der Waals surface area contributed by atoms with Crippen LogP contribution < -0.4 is 5.32 Å². The summed E-state index contributed by atoms with van der Waals surface area (Å²) >= 11 is 1.45. The van der Waals surface area contributed by atoms with E-state index < -0.39 is 0 Å². The predicted molar refractivity (Wildman–Crippen MR) is 118 cm³/mol. The lowest BCUT2D eigenvalue weighted by Gasteiger charge is -2.11. The lowest BCUT2D eigenvalue weighted by atomic mass is 10.1. The van der Waals surface area contributed by atoms with Crippen molar-refractivity contribution in [1.29, 1.82) is 0 Å². The molecule has 1 N–H and O–H groups in total. The number of carbonyl (C=O) groups excluding carboxylic acids is 1. The summed E-state index contributed by atoms with van der Waals surface area (Å²) in [6.45, 7) is 4.08.